The highest BCUT2D eigenvalue weighted by molar-refractivity contribution is 6.02. The van der Waals surface area contributed by atoms with Gasteiger partial charge in [0.2, 0.25) is 0 Å². The number of nitrogens with zero attached hydrogens (tertiary/aromatic N) is 1. The molecule has 4 nitrogen and oxygen atoms in total. The maximum atomic E-state index is 12.8. The summed E-state index contributed by atoms with van der Waals surface area (Å²) in [4.78, 5) is 25.0. The van der Waals surface area contributed by atoms with E-state index in [1.54, 1.807) is 11.5 Å². The van der Waals surface area contributed by atoms with Crippen LogP contribution in [0.2, 0.25) is 0 Å². The van der Waals surface area contributed by atoms with Crippen molar-refractivity contribution >= 4 is 11.8 Å². The van der Waals surface area contributed by atoms with E-state index < -0.39 is 0 Å². The number of esters is 1. The molecule has 1 aromatic heterocycles. The Balaban J connectivity index is 2.15. The highest BCUT2D eigenvalue weighted by atomic mass is 16.5. The average molecular weight is 448 g/mol. The summed E-state index contributed by atoms with van der Waals surface area (Å²) in [5.74, 6) is -0.192. The first kappa shape index (κ1) is 28.5. The van der Waals surface area contributed by atoms with Crippen molar-refractivity contribution in [2.45, 2.75) is 130 Å². The summed E-state index contributed by atoms with van der Waals surface area (Å²) in [6, 6.07) is 0. The lowest BCUT2D eigenvalue weighted by Gasteiger charge is -2.05. The van der Waals surface area contributed by atoms with Gasteiger partial charge in [0.25, 0.3) is 0 Å². The first-order valence-corrected chi connectivity index (χ1v) is 13.3. The van der Waals surface area contributed by atoms with Gasteiger partial charge in [-0.05, 0) is 32.8 Å². The first-order chi connectivity index (χ1) is 15.5. The zero-order valence-electron chi connectivity index (χ0n) is 21.7. The lowest BCUT2D eigenvalue weighted by molar-refractivity contribution is 0.0514. The van der Waals surface area contributed by atoms with Crippen molar-refractivity contribution in [1.82, 2.24) is 4.57 Å². The Morgan fingerprint density at radius 1 is 0.719 bits per heavy atom. The number of aromatic nitrogens is 1. The van der Waals surface area contributed by atoms with Gasteiger partial charge in [-0.25, -0.2) is 4.79 Å². The summed E-state index contributed by atoms with van der Waals surface area (Å²) < 4.78 is 6.96. The van der Waals surface area contributed by atoms with Gasteiger partial charge in [0.15, 0.2) is 5.78 Å². The van der Waals surface area contributed by atoms with E-state index >= 15 is 0 Å². The molecule has 0 aliphatic heterocycles. The van der Waals surface area contributed by atoms with Crippen LogP contribution in [0.1, 0.15) is 149 Å². The number of unbranched alkanes of at least 4 members (excludes halogenated alkanes) is 14. The van der Waals surface area contributed by atoms with E-state index in [0.717, 1.165) is 24.1 Å². The van der Waals surface area contributed by atoms with Crippen LogP contribution in [0.3, 0.4) is 0 Å². The van der Waals surface area contributed by atoms with Crippen LogP contribution in [0, 0.1) is 13.8 Å². The fraction of sp³-hybridized carbons (Fsp3) is 0.786. The van der Waals surface area contributed by atoms with E-state index in [2.05, 4.69) is 6.92 Å². The SMILES string of the molecule is CCCCCCCCCCCCCCCCCC(=O)c1c(C)c(C(=O)OCC)n(C)c1C. The maximum Gasteiger partial charge on any atom is 0.355 e. The van der Waals surface area contributed by atoms with Crippen LogP contribution in [-0.2, 0) is 11.8 Å². The number of ketones is 1. The quantitative estimate of drug-likeness (QED) is 0.122. The zero-order valence-corrected chi connectivity index (χ0v) is 21.7. The molecular formula is C28H49NO3. The van der Waals surface area contributed by atoms with E-state index in [4.69, 9.17) is 4.74 Å². The molecule has 0 unspecified atom stereocenters. The third kappa shape index (κ3) is 9.92. The molecule has 1 rings (SSSR count). The Morgan fingerprint density at radius 2 is 1.16 bits per heavy atom. The van der Waals surface area contributed by atoms with Crippen molar-refractivity contribution in [3.05, 3.63) is 22.5 Å². The van der Waals surface area contributed by atoms with E-state index in [-0.39, 0.29) is 11.8 Å². The van der Waals surface area contributed by atoms with E-state index in [9.17, 15) is 9.59 Å². The number of ether oxygens (including phenoxy) is 1. The van der Waals surface area contributed by atoms with Crippen molar-refractivity contribution < 1.29 is 14.3 Å². The van der Waals surface area contributed by atoms with Crippen LogP contribution < -0.4 is 0 Å². The van der Waals surface area contributed by atoms with Crippen LogP contribution >= 0.6 is 0 Å². The van der Waals surface area contributed by atoms with Crippen LogP contribution in [0.25, 0.3) is 0 Å². The topological polar surface area (TPSA) is 48.3 Å². The lowest BCUT2D eigenvalue weighted by atomic mass is 10.00. The summed E-state index contributed by atoms with van der Waals surface area (Å²) >= 11 is 0. The van der Waals surface area contributed by atoms with Gasteiger partial charge in [0, 0.05) is 24.7 Å². The van der Waals surface area contributed by atoms with Crippen molar-refractivity contribution in [3.63, 3.8) is 0 Å². The Kier molecular flexibility index (Phi) is 15.1. The molecule has 0 saturated heterocycles. The minimum atomic E-state index is -0.346. The molecule has 0 N–H and O–H groups in total. The molecule has 0 aromatic carbocycles. The number of carbonyl (C=O) groups excluding carboxylic acids is 2. The highest BCUT2D eigenvalue weighted by Gasteiger charge is 2.25. The predicted molar refractivity (Wildman–Crippen MR) is 135 cm³/mol. The van der Waals surface area contributed by atoms with Crippen molar-refractivity contribution in [2.24, 2.45) is 7.05 Å². The summed E-state index contributed by atoms with van der Waals surface area (Å²) in [5, 5.41) is 0. The summed E-state index contributed by atoms with van der Waals surface area (Å²) in [5.41, 5.74) is 2.83. The third-order valence-electron chi connectivity index (χ3n) is 6.69. The molecule has 0 aliphatic carbocycles. The summed E-state index contributed by atoms with van der Waals surface area (Å²) in [6.07, 6.45) is 20.4. The number of hydrogen-bond acceptors (Lipinski definition) is 3. The van der Waals surface area contributed by atoms with Crippen LogP contribution in [0.15, 0.2) is 0 Å². The Labute approximate surface area is 197 Å². The van der Waals surface area contributed by atoms with E-state index in [0.29, 0.717) is 24.3 Å². The monoisotopic (exact) mass is 447 g/mol. The fourth-order valence-electron chi connectivity index (χ4n) is 4.66. The first-order valence-electron chi connectivity index (χ1n) is 13.3. The van der Waals surface area contributed by atoms with E-state index in [1.807, 2.05) is 20.9 Å². The number of rotatable bonds is 19. The molecule has 0 aliphatic rings. The normalized spacial score (nSPS) is 11.2. The Hall–Kier alpha value is -1.58. The Bertz CT molecular complexity index is 675. The van der Waals surface area contributed by atoms with Gasteiger partial charge in [-0.3, -0.25) is 4.79 Å². The maximum absolute atomic E-state index is 12.8. The molecule has 4 heteroatoms. The van der Waals surface area contributed by atoms with Crippen molar-refractivity contribution in [1.29, 1.82) is 0 Å². The third-order valence-corrected chi connectivity index (χ3v) is 6.69. The minimum Gasteiger partial charge on any atom is -0.461 e. The molecule has 1 heterocycles. The van der Waals surface area contributed by atoms with E-state index in [1.165, 1.54) is 83.5 Å². The minimum absolute atomic E-state index is 0.154. The average Bonchev–Trinajstić information content (AvgIpc) is 2.99. The highest BCUT2D eigenvalue weighted by Crippen LogP contribution is 2.24. The van der Waals surface area contributed by atoms with Gasteiger partial charge >= 0.3 is 5.97 Å². The van der Waals surface area contributed by atoms with Crippen molar-refractivity contribution in [3.8, 4) is 0 Å². The molecule has 0 atom stereocenters. The molecule has 0 spiro atoms. The molecule has 0 radical (unpaired) electrons. The fourth-order valence-corrected chi connectivity index (χ4v) is 4.66. The van der Waals surface area contributed by atoms with Gasteiger partial charge in [-0.1, -0.05) is 96.8 Å². The van der Waals surface area contributed by atoms with Crippen molar-refractivity contribution in [2.75, 3.05) is 6.61 Å². The largest absolute Gasteiger partial charge is 0.461 e. The lowest BCUT2D eigenvalue weighted by Crippen LogP contribution is -2.11. The predicted octanol–water partition coefficient (Wildman–Crippen LogP) is 8.26. The second-order valence-corrected chi connectivity index (χ2v) is 9.34. The number of Topliss-reactive ketones (excluding diaryl/α,β-unsaturated/α-hetero) is 1. The van der Waals surface area contributed by atoms with Gasteiger partial charge in [0.05, 0.1) is 6.61 Å². The smallest absolute Gasteiger partial charge is 0.355 e. The molecule has 1 aromatic rings. The Morgan fingerprint density at radius 3 is 1.59 bits per heavy atom. The van der Waals surface area contributed by atoms with Crippen LogP contribution in [-0.4, -0.2) is 22.9 Å². The number of hydrogen-bond donors (Lipinski definition) is 0. The molecular weight excluding hydrogens is 398 g/mol. The van der Waals surface area contributed by atoms with Gasteiger partial charge in [0.1, 0.15) is 5.69 Å². The molecule has 184 valence electrons. The number of carbonyl (C=O) groups is 2. The summed E-state index contributed by atoms with van der Waals surface area (Å²) in [7, 11) is 1.83. The van der Waals surface area contributed by atoms with Crippen LogP contribution in [0.4, 0.5) is 0 Å². The zero-order chi connectivity index (χ0) is 23.8. The second-order valence-electron chi connectivity index (χ2n) is 9.34. The van der Waals surface area contributed by atoms with Crippen LogP contribution in [0.5, 0.6) is 0 Å². The summed E-state index contributed by atoms with van der Waals surface area (Å²) in [6.45, 7) is 8.18. The molecule has 0 amide bonds. The molecule has 0 bridgehead atoms. The second kappa shape index (κ2) is 17.0. The molecule has 32 heavy (non-hydrogen) atoms. The van der Waals surface area contributed by atoms with Gasteiger partial charge in [-0.15, -0.1) is 0 Å². The molecule has 0 saturated carbocycles. The molecule has 0 fully saturated rings. The van der Waals surface area contributed by atoms with Gasteiger partial charge < -0.3 is 9.30 Å². The standard InChI is InChI=1S/C28H49NO3/c1-6-8-9-10-11-12-13-14-15-16-17-18-19-20-21-22-25(30)26-23(3)27(28(31)32-7-2)29(5)24(26)4/h6-22H2,1-5H3. The van der Waals surface area contributed by atoms with Gasteiger partial charge in [-0.2, -0.15) is 0 Å².